The number of ketones is 2. The van der Waals surface area contributed by atoms with E-state index in [4.69, 9.17) is 23.2 Å². The Bertz CT molecular complexity index is 1330. The van der Waals surface area contributed by atoms with E-state index in [0.29, 0.717) is 15.6 Å². The topological polar surface area (TPSA) is 37.4 Å². The Morgan fingerprint density at radius 3 is 1.90 bits per heavy atom. The summed E-state index contributed by atoms with van der Waals surface area (Å²) in [7, 11) is 0. The Kier molecular flexibility index (Phi) is 4.85. The number of anilines is 3. The number of carbonyl (C=O) groups is 2. The lowest BCUT2D eigenvalue weighted by Gasteiger charge is -2.27. The van der Waals surface area contributed by atoms with Crippen LogP contribution >= 0.6 is 23.2 Å². The molecule has 31 heavy (non-hydrogen) atoms. The Balaban J connectivity index is 1.76. The molecule has 5 rings (SSSR count). The Morgan fingerprint density at radius 1 is 0.677 bits per heavy atom. The lowest BCUT2D eigenvalue weighted by atomic mass is 9.91. The zero-order valence-corrected chi connectivity index (χ0v) is 17.7. The minimum Gasteiger partial charge on any atom is -0.310 e. The van der Waals surface area contributed by atoms with E-state index in [9.17, 15) is 9.59 Å². The molecule has 3 nitrogen and oxygen atoms in total. The highest BCUT2D eigenvalue weighted by Gasteiger charge is 2.23. The summed E-state index contributed by atoms with van der Waals surface area (Å²) in [6.45, 7) is 0. The van der Waals surface area contributed by atoms with Crippen LogP contribution in [0.2, 0.25) is 10.0 Å². The molecule has 150 valence electrons. The number of Topliss-reactive ketones (excluding diaryl/α,β-unsaturated/α-hetero) is 1. The number of hydrogen-bond donors (Lipinski definition) is 0. The van der Waals surface area contributed by atoms with Crippen LogP contribution in [0.3, 0.4) is 0 Å². The minimum absolute atomic E-state index is 0.432. The van der Waals surface area contributed by atoms with Gasteiger partial charge in [0.15, 0.2) is 0 Å². The second-order valence-electron chi connectivity index (χ2n) is 7.25. The van der Waals surface area contributed by atoms with Crippen LogP contribution < -0.4 is 4.90 Å². The summed E-state index contributed by atoms with van der Waals surface area (Å²) in [5, 5.41) is 3.14. The van der Waals surface area contributed by atoms with Gasteiger partial charge >= 0.3 is 0 Å². The SMILES string of the molecule is O=C1C=Cc2cc3c(N(c4ccc(Cl)cc4)c4ccc(Cl)cc4)cccc3cc2C1=O. The molecule has 1 aliphatic rings. The molecule has 0 aliphatic heterocycles. The number of halogens is 2. The lowest BCUT2D eigenvalue weighted by molar-refractivity contribution is -0.110. The van der Waals surface area contributed by atoms with Crippen LogP contribution in [0.1, 0.15) is 15.9 Å². The van der Waals surface area contributed by atoms with Gasteiger partial charge in [0.2, 0.25) is 11.6 Å². The van der Waals surface area contributed by atoms with E-state index in [1.165, 1.54) is 6.08 Å². The predicted molar refractivity (Wildman–Crippen MR) is 127 cm³/mol. The van der Waals surface area contributed by atoms with Gasteiger partial charge in [0.1, 0.15) is 0 Å². The van der Waals surface area contributed by atoms with Crippen LogP contribution in [0, 0.1) is 0 Å². The first kappa shape index (κ1) is 19.6. The number of nitrogens with zero attached hydrogens (tertiary/aromatic N) is 1. The molecule has 0 atom stereocenters. The molecule has 0 saturated heterocycles. The van der Waals surface area contributed by atoms with Gasteiger partial charge < -0.3 is 4.90 Å². The summed E-state index contributed by atoms with van der Waals surface area (Å²) in [5.41, 5.74) is 3.96. The first-order valence-electron chi connectivity index (χ1n) is 9.66. The molecule has 1 aliphatic carbocycles. The summed E-state index contributed by atoms with van der Waals surface area (Å²) >= 11 is 12.3. The van der Waals surface area contributed by atoms with Crippen molar-refractivity contribution in [3.63, 3.8) is 0 Å². The second-order valence-corrected chi connectivity index (χ2v) is 8.13. The van der Waals surface area contributed by atoms with Crippen LogP contribution in [0.25, 0.3) is 16.8 Å². The van der Waals surface area contributed by atoms with Crippen molar-refractivity contribution in [3.8, 4) is 0 Å². The molecule has 5 heteroatoms. The highest BCUT2D eigenvalue weighted by Crippen LogP contribution is 2.40. The van der Waals surface area contributed by atoms with Crippen LogP contribution in [0.15, 0.2) is 84.9 Å². The maximum absolute atomic E-state index is 12.3. The van der Waals surface area contributed by atoms with Crippen molar-refractivity contribution >= 4 is 68.7 Å². The number of rotatable bonds is 3. The molecule has 0 saturated carbocycles. The normalized spacial score (nSPS) is 12.8. The van der Waals surface area contributed by atoms with Gasteiger partial charge in [-0.15, -0.1) is 0 Å². The van der Waals surface area contributed by atoms with Crippen LogP contribution in [-0.4, -0.2) is 11.6 Å². The third kappa shape index (κ3) is 3.52. The van der Waals surface area contributed by atoms with Gasteiger partial charge in [0.25, 0.3) is 0 Å². The maximum atomic E-state index is 12.3. The van der Waals surface area contributed by atoms with Gasteiger partial charge in [0, 0.05) is 32.4 Å². The lowest BCUT2D eigenvalue weighted by Crippen LogP contribution is -2.16. The smallest absolute Gasteiger partial charge is 0.233 e. The van der Waals surface area contributed by atoms with E-state index in [2.05, 4.69) is 4.90 Å². The largest absolute Gasteiger partial charge is 0.310 e. The average molecular weight is 444 g/mol. The zero-order chi connectivity index (χ0) is 21.5. The van der Waals surface area contributed by atoms with Crippen molar-refractivity contribution in [3.05, 3.63) is 106 Å². The van der Waals surface area contributed by atoms with E-state index < -0.39 is 11.6 Å². The van der Waals surface area contributed by atoms with Crippen molar-refractivity contribution in [1.29, 1.82) is 0 Å². The van der Waals surface area contributed by atoms with Gasteiger partial charge in [-0.25, -0.2) is 0 Å². The summed E-state index contributed by atoms with van der Waals surface area (Å²) < 4.78 is 0. The van der Waals surface area contributed by atoms with Crippen LogP contribution in [0.4, 0.5) is 17.1 Å². The Labute approximate surface area is 189 Å². The average Bonchev–Trinajstić information content (AvgIpc) is 2.78. The van der Waals surface area contributed by atoms with Crippen molar-refractivity contribution in [1.82, 2.24) is 0 Å². The van der Waals surface area contributed by atoms with Crippen molar-refractivity contribution in [2.75, 3.05) is 4.90 Å². The van der Waals surface area contributed by atoms with E-state index in [0.717, 1.165) is 33.4 Å². The highest BCUT2D eigenvalue weighted by molar-refractivity contribution is 6.50. The number of fused-ring (bicyclic) bond motifs is 2. The molecule has 0 spiro atoms. The molecule has 0 amide bonds. The van der Waals surface area contributed by atoms with Gasteiger partial charge in [-0.1, -0.05) is 41.4 Å². The second kappa shape index (κ2) is 7.69. The molecule has 0 unspecified atom stereocenters. The first-order valence-corrected chi connectivity index (χ1v) is 10.4. The van der Waals surface area contributed by atoms with Crippen molar-refractivity contribution in [2.45, 2.75) is 0 Å². The Hall–Kier alpha value is -3.40. The fourth-order valence-corrected chi connectivity index (χ4v) is 4.09. The van der Waals surface area contributed by atoms with E-state index in [-0.39, 0.29) is 0 Å². The zero-order valence-electron chi connectivity index (χ0n) is 16.2. The fourth-order valence-electron chi connectivity index (χ4n) is 3.84. The maximum Gasteiger partial charge on any atom is 0.233 e. The van der Waals surface area contributed by atoms with E-state index in [1.807, 2.05) is 72.8 Å². The van der Waals surface area contributed by atoms with Crippen LogP contribution in [0.5, 0.6) is 0 Å². The summed E-state index contributed by atoms with van der Waals surface area (Å²) in [6, 6.07) is 24.9. The van der Waals surface area contributed by atoms with E-state index in [1.54, 1.807) is 12.1 Å². The molecule has 0 aromatic heterocycles. The number of benzene rings is 4. The summed E-state index contributed by atoms with van der Waals surface area (Å²) in [4.78, 5) is 26.3. The first-order chi connectivity index (χ1) is 15.0. The molecule has 4 aromatic carbocycles. The van der Waals surface area contributed by atoms with Gasteiger partial charge in [0.05, 0.1) is 5.69 Å². The molecule has 0 N–H and O–H groups in total. The van der Waals surface area contributed by atoms with E-state index >= 15 is 0 Å². The van der Waals surface area contributed by atoms with Crippen LogP contribution in [-0.2, 0) is 4.79 Å². The van der Waals surface area contributed by atoms with Gasteiger partial charge in [-0.3, -0.25) is 9.59 Å². The molecule has 0 heterocycles. The molecule has 0 radical (unpaired) electrons. The predicted octanol–water partition coefficient (Wildman–Crippen LogP) is 7.40. The monoisotopic (exact) mass is 443 g/mol. The molecular formula is C26H15Cl2NO2. The number of hydrogen-bond acceptors (Lipinski definition) is 3. The number of carbonyl (C=O) groups excluding carboxylic acids is 2. The van der Waals surface area contributed by atoms with Gasteiger partial charge in [-0.2, -0.15) is 0 Å². The van der Waals surface area contributed by atoms with Crippen molar-refractivity contribution in [2.24, 2.45) is 0 Å². The van der Waals surface area contributed by atoms with Gasteiger partial charge in [-0.05, 0) is 83.8 Å². The number of allylic oxidation sites excluding steroid dienone is 1. The quantitative estimate of drug-likeness (QED) is 0.309. The standard InChI is InChI=1S/C26H15Cl2NO2/c27-18-5-9-20(10-6-18)29(21-11-7-19(28)8-12-21)24-3-1-2-16-15-23-17(14-22(16)24)4-13-25(30)26(23)31/h1-15H. The molecule has 0 fully saturated rings. The fraction of sp³-hybridized carbons (Fsp3) is 0. The molecular weight excluding hydrogens is 429 g/mol. The van der Waals surface area contributed by atoms with Crippen molar-refractivity contribution < 1.29 is 9.59 Å². The third-order valence-corrected chi connectivity index (χ3v) is 5.82. The molecule has 0 bridgehead atoms. The summed E-state index contributed by atoms with van der Waals surface area (Å²) in [5.74, 6) is -0.968. The highest BCUT2D eigenvalue weighted by atomic mass is 35.5. The molecule has 4 aromatic rings. The summed E-state index contributed by atoms with van der Waals surface area (Å²) in [6.07, 6.45) is 3.03. The third-order valence-electron chi connectivity index (χ3n) is 5.32. The minimum atomic E-state index is -0.494. The Morgan fingerprint density at radius 2 is 1.29 bits per heavy atom.